The first-order chi connectivity index (χ1) is 1.73. The van der Waals surface area contributed by atoms with Gasteiger partial charge < -0.3 is 0 Å². The SMILES string of the molecule is [B]#[Ti](#[B])=[O]. The Balaban J connectivity index is 5.99. The summed E-state index contributed by atoms with van der Waals surface area (Å²) in [5.41, 5.74) is 0. The van der Waals surface area contributed by atoms with Crippen LogP contribution in [-0.4, -0.2) is 10.8 Å². The summed E-state index contributed by atoms with van der Waals surface area (Å²) >= 11 is -2.58. The van der Waals surface area contributed by atoms with Crippen LogP contribution in [0.2, 0.25) is 0 Å². The third kappa shape index (κ3) is 17.2. The van der Waals surface area contributed by atoms with Gasteiger partial charge in [-0.1, -0.05) is 0 Å². The van der Waals surface area contributed by atoms with Crippen LogP contribution in [0, 0.1) is 0 Å². The fraction of sp³-hybridized carbons (Fsp3) is 0. The van der Waals surface area contributed by atoms with Gasteiger partial charge in [-0.15, -0.1) is 0 Å². The van der Waals surface area contributed by atoms with Gasteiger partial charge in [-0.3, -0.25) is 0 Å². The average molecular weight is 85.5 g/mol. The standard InChI is InChI=1S/2B.O.Ti. The topological polar surface area (TPSA) is 17.1 Å². The minimum absolute atomic E-state index is 2.58. The van der Waals surface area contributed by atoms with Crippen molar-refractivity contribution < 1.29 is 19.4 Å². The molecule has 0 aromatic heterocycles. The van der Waals surface area contributed by atoms with Crippen molar-refractivity contribution in [1.82, 2.24) is 0 Å². The molecule has 0 spiro atoms. The van der Waals surface area contributed by atoms with Crippen LogP contribution in [0.1, 0.15) is 0 Å². The van der Waals surface area contributed by atoms with Crippen molar-refractivity contribution in [3.8, 4) is 0 Å². The van der Waals surface area contributed by atoms with Crippen LogP contribution in [0.3, 0.4) is 0 Å². The third-order valence-electron chi connectivity index (χ3n) is 0. The van der Waals surface area contributed by atoms with Crippen LogP contribution in [0.15, 0.2) is 0 Å². The normalized spacial score (nSPS) is 11.5. The van der Waals surface area contributed by atoms with E-state index in [0.717, 1.165) is 0 Å². The zero-order valence-corrected chi connectivity index (χ0v) is 3.62. The Morgan fingerprint density at radius 3 is 1.50 bits per heavy atom. The molecular weight excluding hydrogens is 85.5 g/mol. The Kier molecular flexibility index (Phi) is 2.23. The number of hydrogen-bond donors (Lipinski definition) is 0. The average Bonchev–Trinajstić information content (AvgIpc) is 0.811. The fourth-order valence-electron chi connectivity index (χ4n) is 0. The van der Waals surface area contributed by atoms with Crippen molar-refractivity contribution in [3.05, 3.63) is 0 Å². The molecule has 0 amide bonds. The number of rotatable bonds is 0. The molecule has 0 saturated heterocycles. The summed E-state index contributed by atoms with van der Waals surface area (Å²) in [5.74, 6) is 0. The molecule has 4 heteroatoms. The predicted molar refractivity (Wildman–Crippen MR) is 12.2 cm³/mol. The maximum absolute atomic E-state index is 9.25. The van der Waals surface area contributed by atoms with E-state index in [2.05, 4.69) is 10.8 Å². The molecule has 0 bridgehead atoms. The van der Waals surface area contributed by atoms with E-state index in [1.54, 1.807) is 0 Å². The van der Waals surface area contributed by atoms with Gasteiger partial charge in [-0.25, -0.2) is 0 Å². The van der Waals surface area contributed by atoms with Gasteiger partial charge in [0.25, 0.3) is 0 Å². The fourth-order valence-corrected chi connectivity index (χ4v) is 0. The van der Waals surface area contributed by atoms with Crippen molar-refractivity contribution in [3.63, 3.8) is 0 Å². The van der Waals surface area contributed by atoms with Crippen molar-refractivity contribution in [2.75, 3.05) is 0 Å². The van der Waals surface area contributed by atoms with Crippen molar-refractivity contribution in [2.45, 2.75) is 0 Å². The Bertz CT molecular complexity index is 188. The molecule has 0 aliphatic carbocycles. The van der Waals surface area contributed by atoms with Gasteiger partial charge in [0.05, 0.1) is 0 Å². The monoisotopic (exact) mass is 86.0 g/mol. The summed E-state index contributed by atoms with van der Waals surface area (Å²) in [7, 11) is 0. The second-order valence-electron chi connectivity index (χ2n) is 0.402. The Hall–Kier alpha value is 0.644. The van der Waals surface area contributed by atoms with E-state index in [0.29, 0.717) is 0 Å². The quantitative estimate of drug-likeness (QED) is 0.349. The summed E-state index contributed by atoms with van der Waals surface area (Å²) in [6, 6.07) is 0. The number of hydrogen-bond acceptors (Lipinski definition) is 1. The first-order valence-electron chi connectivity index (χ1n) is 0.781. The van der Waals surface area contributed by atoms with E-state index in [-0.39, 0.29) is 0 Å². The molecule has 0 fully saturated rings. The van der Waals surface area contributed by atoms with E-state index < -0.39 is 16.0 Å². The Labute approximate surface area is 30.6 Å². The van der Waals surface area contributed by atoms with Gasteiger partial charge in [-0.05, 0) is 0 Å². The van der Waals surface area contributed by atoms with Crippen LogP contribution in [0.25, 0.3) is 0 Å². The van der Waals surface area contributed by atoms with E-state index in [1.165, 1.54) is 0 Å². The molecule has 0 heterocycles. The van der Waals surface area contributed by atoms with Crippen LogP contribution >= 0.6 is 0 Å². The molecule has 0 rings (SSSR count). The zero-order chi connectivity index (χ0) is 3.58. The Morgan fingerprint density at radius 2 is 1.50 bits per heavy atom. The van der Waals surface area contributed by atoms with Crippen LogP contribution in [0.4, 0.5) is 0 Å². The third-order valence-corrected chi connectivity index (χ3v) is 0. The molecule has 0 aromatic rings. The molecule has 0 aliphatic rings. The molecule has 4 heavy (non-hydrogen) atoms. The summed E-state index contributed by atoms with van der Waals surface area (Å²) in [5, 5.41) is 9.00. The summed E-state index contributed by atoms with van der Waals surface area (Å²) in [6.45, 7) is 0. The molecule has 0 atom stereocenters. The van der Waals surface area contributed by atoms with E-state index >= 15 is 0 Å². The molecular formula is B2OTi. The summed E-state index contributed by atoms with van der Waals surface area (Å²) in [4.78, 5) is 0. The van der Waals surface area contributed by atoms with Gasteiger partial charge in [0, 0.05) is 0 Å². The molecule has 16 valence electrons. The molecule has 0 radical (unpaired) electrons. The molecule has 0 aliphatic heterocycles. The van der Waals surface area contributed by atoms with Crippen LogP contribution in [0.5, 0.6) is 0 Å². The second kappa shape index (κ2) is 1.92. The molecule has 0 N–H and O–H groups in total. The molecule has 0 saturated carbocycles. The van der Waals surface area contributed by atoms with Gasteiger partial charge in [0.1, 0.15) is 0 Å². The van der Waals surface area contributed by atoms with Crippen molar-refractivity contribution in [2.24, 2.45) is 0 Å². The zero-order valence-electron chi connectivity index (χ0n) is 2.06. The van der Waals surface area contributed by atoms with Gasteiger partial charge in [-0.2, -0.15) is 0 Å². The second-order valence-corrected chi connectivity index (χ2v) is 1.66. The van der Waals surface area contributed by atoms with Crippen molar-refractivity contribution in [1.29, 1.82) is 0 Å². The van der Waals surface area contributed by atoms with E-state index in [9.17, 15) is 3.32 Å². The van der Waals surface area contributed by atoms with Gasteiger partial charge >= 0.3 is 30.1 Å². The van der Waals surface area contributed by atoms with Crippen LogP contribution in [-0.2, 0) is 19.4 Å². The predicted octanol–water partition coefficient (Wildman–Crippen LogP) is -0.883. The summed E-state index contributed by atoms with van der Waals surface area (Å²) in [6.07, 6.45) is 0. The molecule has 1 nitrogen and oxygen atoms in total. The maximum atomic E-state index is 9.25. The van der Waals surface area contributed by atoms with Crippen molar-refractivity contribution >= 4 is 10.8 Å². The first kappa shape index (κ1) is 4.64. The van der Waals surface area contributed by atoms with Gasteiger partial charge in [0.15, 0.2) is 0 Å². The van der Waals surface area contributed by atoms with Gasteiger partial charge in [0.2, 0.25) is 0 Å². The summed E-state index contributed by atoms with van der Waals surface area (Å²) < 4.78 is 9.25. The molecule has 0 aromatic carbocycles. The van der Waals surface area contributed by atoms with E-state index in [4.69, 9.17) is 0 Å². The van der Waals surface area contributed by atoms with E-state index in [1.807, 2.05) is 0 Å². The van der Waals surface area contributed by atoms with Crippen LogP contribution < -0.4 is 0 Å². The molecule has 0 unspecified atom stereocenters. The first-order valence-corrected chi connectivity index (χ1v) is 3.22. The Morgan fingerprint density at radius 1 is 1.50 bits per heavy atom. The minimum atomic E-state index is -2.58.